The van der Waals surface area contributed by atoms with Crippen molar-refractivity contribution in [3.63, 3.8) is 0 Å². The SMILES string of the molecule is COC(C(=O)O)=C(C)c1c(C)c(C)c(C)c(C)c1C. The number of rotatable bonds is 3. The minimum atomic E-state index is -1.03. The molecule has 0 aromatic heterocycles. The number of methoxy groups -OCH3 is 1. The largest absolute Gasteiger partial charge is 0.490 e. The first-order valence-electron chi connectivity index (χ1n) is 6.29. The maximum absolute atomic E-state index is 11.2. The monoisotopic (exact) mass is 262 g/mol. The second-order valence-electron chi connectivity index (χ2n) is 4.96. The van der Waals surface area contributed by atoms with Crippen LogP contribution in [0.4, 0.5) is 0 Å². The Balaban J connectivity index is 3.74. The Bertz CT molecular complexity index is 537. The Morgan fingerprint density at radius 3 is 1.58 bits per heavy atom. The van der Waals surface area contributed by atoms with E-state index in [9.17, 15) is 9.90 Å². The number of carboxylic acids is 1. The lowest BCUT2D eigenvalue weighted by atomic mass is 9.86. The third kappa shape index (κ3) is 2.50. The minimum absolute atomic E-state index is 0.00820. The van der Waals surface area contributed by atoms with Crippen molar-refractivity contribution in [3.05, 3.63) is 39.1 Å². The van der Waals surface area contributed by atoms with Gasteiger partial charge < -0.3 is 9.84 Å². The summed E-state index contributed by atoms with van der Waals surface area (Å²) in [4.78, 5) is 11.2. The van der Waals surface area contributed by atoms with Gasteiger partial charge in [-0.3, -0.25) is 0 Å². The van der Waals surface area contributed by atoms with Crippen LogP contribution in [0.25, 0.3) is 5.57 Å². The van der Waals surface area contributed by atoms with Crippen LogP contribution >= 0.6 is 0 Å². The second-order valence-corrected chi connectivity index (χ2v) is 4.96. The normalized spacial score (nSPS) is 12.2. The molecule has 1 N–H and O–H groups in total. The van der Waals surface area contributed by atoms with Crippen molar-refractivity contribution in [3.8, 4) is 0 Å². The number of ether oxygens (including phenoxy) is 1. The Kier molecular flexibility index (Phi) is 4.40. The molecule has 0 saturated heterocycles. The van der Waals surface area contributed by atoms with Crippen molar-refractivity contribution in [1.29, 1.82) is 0 Å². The van der Waals surface area contributed by atoms with E-state index in [2.05, 4.69) is 20.8 Å². The quantitative estimate of drug-likeness (QED) is 0.667. The second kappa shape index (κ2) is 5.47. The molecule has 0 fully saturated rings. The number of carbonyl (C=O) groups is 1. The Morgan fingerprint density at radius 1 is 0.895 bits per heavy atom. The van der Waals surface area contributed by atoms with Gasteiger partial charge in [0.1, 0.15) is 0 Å². The highest BCUT2D eigenvalue weighted by Crippen LogP contribution is 2.32. The summed E-state index contributed by atoms with van der Waals surface area (Å²) >= 11 is 0. The Labute approximate surface area is 114 Å². The van der Waals surface area contributed by atoms with E-state index in [1.807, 2.05) is 13.8 Å². The van der Waals surface area contributed by atoms with Crippen LogP contribution in [0.5, 0.6) is 0 Å². The summed E-state index contributed by atoms with van der Waals surface area (Å²) in [5, 5.41) is 9.20. The number of hydrogen-bond acceptors (Lipinski definition) is 2. The van der Waals surface area contributed by atoms with E-state index in [4.69, 9.17) is 4.74 Å². The van der Waals surface area contributed by atoms with E-state index in [1.54, 1.807) is 6.92 Å². The van der Waals surface area contributed by atoms with Crippen molar-refractivity contribution in [1.82, 2.24) is 0 Å². The van der Waals surface area contributed by atoms with Gasteiger partial charge in [-0.25, -0.2) is 4.79 Å². The number of carboxylic acid groups (broad SMARTS) is 1. The molecule has 1 aromatic carbocycles. The molecule has 0 radical (unpaired) electrons. The molecule has 0 amide bonds. The summed E-state index contributed by atoms with van der Waals surface area (Å²) in [6.07, 6.45) is 0. The summed E-state index contributed by atoms with van der Waals surface area (Å²) < 4.78 is 5.03. The van der Waals surface area contributed by atoms with Gasteiger partial charge in [-0.15, -0.1) is 0 Å². The van der Waals surface area contributed by atoms with E-state index >= 15 is 0 Å². The number of benzene rings is 1. The molecule has 19 heavy (non-hydrogen) atoms. The van der Waals surface area contributed by atoms with Gasteiger partial charge in [-0.05, 0) is 74.9 Å². The maximum atomic E-state index is 11.2. The molecule has 1 rings (SSSR count). The standard InChI is InChI=1S/C16H22O3/c1-8-9(2)11(4)14(12(5)10(8)3)13(6)15(19-7)16(17)18/h1-7H3,(H,17,18). The summed E-state index contributed by atoms with van der Waals surface area (Å²) in [6, 6.07) is 0. The zero-order valence-corrected chi connectivity index (χ0v) is 12.8. The molecule has 1 aromatic rings. The van der Waals surface area contributed by atoms with Crippen LogP contribution in [-0.2, 0) is 9.53 Å². The smallest absolute Gasteiger partial charge is 0.371 e. The fraction of sp³-hybridized carbons (Fsp3) is 0.438. The lowest BCUT2D eigenvalue weighted by Crippen LogP contribution is -2.08. The van der Waals surface area contributed by atoms with Crippen LogP contribution in [0, 0.1) is 34.6 Å². The molecule has 0 saturated carbocycles. The predicted molar refractivity (Wildman–Crippen MR) is 77.4 cm³/mol. The van der Waals surface area contributed by atoms with Crippen LogP contribution in [0.3, 0.4) is 0 Å². The molecule has 0 aliphatic heterocycles. The number of aliphatic carboxylic acids is 1. The zero-order valence-electron chi connectivity index (χ0n) is 12.8. The molecule has 0 heterocycles. The van der Waals surface area contributed by atoms with Crippen LogP contribution in [0.15, 0.2) is 5.76 Å². The Hall–Kier alpha value is -1.77. The third-order valence-corrected chi connectivity index (χ3v) is 4.11. The first-order chi connectivity index (χ1) is 8.73. The summed E-state index contributed by atoms with van der Waals surface area (Å²) in [5.41, 5.74) is 7.58. The van der Waals surface area contributed by atoms with Crippen molar-refractivity contribution in [2.75, 3.05) is 7.11 Å². The van der Waals surface area contributed by atoms with Crippen LogP contribution < -0.4 is 0 Å². The lowest BCUT2D eigenvalue weighted by Gasteiger charge is -2.20. The topological polar surface area (TPSA) is 46.5 Å². The van der Waals surface area contributed by atoms with E-state index in [-0.39, 0.29) is 5.76 Å². The average Bonchev–Trinajstić information content (AvgIpc) is 2.34. The third-order valence-electron chi connectivity index (χ3n) is 4.11. The molecule has 0 bridgehead atoms. The molecule has 0 aliphatic carbocycles. The van der Waals surface area contributed by atoms with Crippen molar-refractivity contribution in [2.24, 2.45) is 0 Å². The molecule has 0 aliphatic rings. The Morgan fingerprint density at radius 2 is 1.26 bits per heavy atom. The molecule has 3 nitrogen and oxygen atoms in total. The van der Waals surface area contributed by atoms with Crippen LogP contribution in [0.2, 0.25) is 0 Å². The zero-order chi connectivity index (χ0) is 14.9. The van der Waals surface area contributed by atoms with Crippen molar-refractivity contribution < 1.29 is 14.6 Å². The lowest BCUT2D eigenvalue weighted by molar-refractivity contribution is -0.135. The van der Waals surface area contributed by atoms with Crippen molar-refractivity contribution >= 4 is 11.5 Å². The fourth-order valence-corrected chi connectivity index (χ4v) is 2.58. The molecule has 0 spiro atoms. The van der Waals surface area contributed by atoms with E-state index in [1.165, 1.54) is 23.8 Å². The number of allylic oxidation sites excluding steroid dienone is 1. The van der Waals surface area contributed by atoms with Gasteiger partial charge in [0.15, 0.2) is 0 Å². The molecular formula is C16H22O3. The highest BCUT2D eigenvalue weighted by Gasteiger charge is 2.19. The molecular weight excluding hydrogens is 240 g/mol. The van der Waals surface area contributed by atoms with Crippen LogP contribution in [-0.4, -0.2) is 18.2 Å². The highest BCUT2D eigenvalue weighted by molar-refractivity contribution is 5.95. The fourth-order valence-electron chi connectivity index (χ4n) is 2.58. The summed E-state index contributed by atoms with van der Waals surface area (Å²) in [5.74, 6) is -1.02. The summed E-state index contributed by atoms with van der Waals surface area (Å²) in [6.45, 7) is 12.1. The average molecular weight is 262 g/mol. The van der Waals surface area contributed by atoms with Crippen molar-refractivity contribution in [2.45, 2.75) is 41.5 Å². The van der Waals surface area contributed by atoms with Gasteiger partial charge in [-0.1, -0.05) is 0 Å². The molecule has 0 unspecified atom stereocenters. The van der Waals surface area contributed by atoms with Gasteiger partial charge in [0, 0.05) is 5.57 Å². The first kappa shape index (κ1) is 15.3. The molecule has 3 heteroatoms. The number of hydrogen-bond donors (Lipinski definition) is 1. The molecule has 0 atom stereocenters. The predicted octanol–water partition coefficient (Wildman–Crippen LogP) is 3.69. The van der Waals surface area contributed by atoms with Gasteiger partial charge in [0.05, 0.1) is 7.11 Å². The van der Waals surface area contributed by atoms with E-state index < -0.39 is 5.97 Å². The highest BCUT2D eigenvalue weighted by atomic mass is 16.5. The minimum Gasteiger partial charge on any atom is -0.490 e. The maximum Gasteiger partial charge on any atom is 0.371 e. The van der Waals surface area contributed by atoms with E-state index in [0.717, 1.165) is 16.7 Å². The summed E-state index contributed by atoms with van der Waals surface area (Å²) in [7, 11) is 1.39. The van der Waals surface area contributed by atoms with E-state index in [0.29, 0.717) is 5.57 Å². The van der Waals surface area contributed by atoms with Gasteiger partial charge in [-0.2, -0.15) is 0 Å². The van der Waals surface area contributed by atoms with Gasteiger partial charge in [0.2, 0.25) is 5.76 Å². The molecule has 104 valence electrons. The van der Waals surface area contributed by atoms with Gasteiger partial charge in [0.25, 0.3) is 0 Å². The van der Waals surface area contributed by atoms with Gasteiger partial charge >= 0.3 is 5.97 Å². The first-order valence-corrected chi connectivity index (χ1v) is 6.29. The van der Waals surface area contributed by atoms with Crippen LogP contribution in [0.1, 0.15) is 40.3 Å².